The minimum absolute atomic E-state index is 0.0333. The summed E-state index contributed by atoms with van der Waals surface area (Å²) in [6.45, 7) is 4.02. The second-order valence-electron chi connectivity index (χ2n) is 5.23. The van der Waals surface area contributed by atoms with Gasteiger partial charge in [0.1, 0.15) is 12.8 Å². The molecule has 1 unspecified atom stereocenters. The number of carbonyl (C=O) groups is 2. The van der Waals surface area contributed by atoms with Gasteiger partial charge >= 0.3 is 0 Å². The van der Waals surface area contributed by atoms with Crippen LogP contribution in [0.3, 0.4) is 0 Å². The molecule has 0 aromatic rings. The lowest BCUT2D eigenvalue weighted by Crippen LogP contribution is -2.32. The third-order valence-electron chi connectivity index (χ3n) is 2.88. The van der Waals surface area contributed by atoms with Gasteiger partial charge in [0.05, 0.1) is 46.2 Å². The van der Waals surface area contributed by atoms with Crippen molar-refractivity contribution in [3.05, 3.63) is 0 Å². The molecule has 0 saturated carbocycles. The Morgan fingerprint density at radius 2 is 1.60 bits per heavy atom. The minimum Gasteiger partial charge on any atom is -0.377 e. The van der Waals surface area contributed by atoms with Crippen LogP contribution in [0, 0.1) is 0 Å². The van der Waals surface area contributed by atoms with Crippen LogP contribution in [0.2, 0.25) is 0 Å². The van der Waals surface area contributed by atoms with Crippen molar-refractivity contribution < 1.29 is 32.9 Å². The molecule has 25 heavy (non-hydrogen) atoms. The van der Waals surface area contributed by atoms with Crippen molar-refractivity contribution in [2.45, 2.75) is 25.9 Å². The molecule has 0 aliphatic heterocycles. The Bertz CT molecular complexity index is 347. The van der Waals surface area contributed by atoms with Gasteiger partial charge in [-0.05, 0) is 6.42 Å². The van der Waals surface area contributed by atoms with Crippen LogP contribution in [-0.4, -0.2) is 84.4 Å². The summed E-state index contributed by atoms with van der Waals surface area (Å²) < 4.78 is 33.7. The van der Waals surface area contributed by atoms with Gasteiger partial charge in [-0.1, -0.05) is 6.92 Å². The van der Waals surface area contributed by atoms with E-state index in [0.29, 0.717) is 39.4 Å². The first kappa shape index (κ1) is 23.7. The van der Waals surface area contributed by atoms with Gasteiger partial charge in [-0.25, -0.2) is 4.39 Å². The van der Waals surface area contributed by atoms with Crippen molar-refractivity contribution in [1.29, 1.82) is 0 Å². The number of hydrogen-bond donors (Lipinski definition) is 2. The predicted molar refractivity (Wildman–Crippen MR) is 90.2 cm³/mol. The molecule has 0 saturated heterocycles. The van der Waals surface area contributed by atoms with Crippen LogP contribution in [0.25, 0.3) is 0 Å². The van der Waals surface area contributed by atoms with E-state index in [2.05, 4.69) is 15.4 Å². The summed E-state index contributed by atoms with van der Waals surface area (Å²) in [5, 5.41) is 5.13. The van der Waals surface area contributed by atoms with E-state index < -0.39 is 6.17 Å². The van der Waals surface area contributed by atoms with E-state index in [-0.39, 0.29) is 38.2 Å². The quantitative estimate of drug-likeness (QED) is 0.353. The predicted octanol–water partition coefficient (Wildman–Crippen LogP) is 0.0532. The summed E-state index contributed by atoms with van der Waals surface area (Å²) in [4.78, 5) is 22.2. The van der Waals surface area contributed by atoms with Gasteiger partial charge in [-0.15, -0.1) is 0 Å². The number of carbonyl (C=O) groups excluding carboxylic acids is 2. The Kier molecular flexibility index (Phi) is 16.6. The lowest BCUT2D eigenvalue weighted by molar-refractivity contribution is -0.125. The van der Waals surface area contributed by atoms with Crippen molar-refractivity contribution >= 4 is 11.8 Å². The molecular formula is C16H31FN2O6. The van der Waals surface area contributed by atoms with Gasteiger partial charge in [-0.3, -0.25) is 9.59 Å². The summed E-state index contributed by atoms with van der Waals surface area (Å²) >= 11 is 0. The van der Waals surface area contributed by atoms with Crippen molar-refractivity contribution in [1.82, 2.24) is 10.6 Å². The van der Waals surface area contributed by atoms with Crippen molar-refractivity contribution in [2.24, 2.45) is 0 Å². The molecule has 9 heteroatoms. The third-order valence-corrected chi connectivity index (χ3v) is 2.88. The zero-order valence-corrected chi connectivity index (χ0v) is 15.2. The number of methoxy groups -OCH3 is 1. The number of nitrogens with one attached hydrogen (secondary N) is 2. The zero-order valence-electron chi connectivity index (χ0n) is 15.2. The highest BCUT2D eigenvalue weighted by molar-refractivity contribution is 5.77. The number of alkyl halides is 1. The molecule has 0 aliphatic rings. The van der Waals surface area contributed by atoms with Crippen molar-refractivity contribution in [2.75, 3.05) is 66.4 Å². The van der Waals surface area contributed by atoms with Gasteiger partial charge in [0.15, 0.2) is 0 Å². The molecule has 0 rings (SSSR count). The molecule has 2 amide bonds. The lowest BCUT2D eigenvalue weighted by Gasteiger charge is -2.11. The summed E-state index contributed by atoms with van der Waals surface area (Å²) in [6.07, 6.45) is -0.0799. The number of hydrogen-bond acceptors (Lipinski definition) is 6. The summed E-state index contributed by atoms with van der Waals surface area (Å²) in [7, 11) is 1.45. The fraction of sp³-hybridized carbons (Fsp3) is 0.875. The molecule has 8 nitrogen and oxygen atoms in total. The van der Waals surface area contributed by atoms with E-state index in [4.69, 9.17) is 14.2 Å². The van der Waals surface area contributed by atoms with Crippen molar-refractivity contribution in [3.63, 3.8) is 0 Å². The molecule has 0 aliphatic carbocycles. The molecule has 1 atom stereocenters. The maximum absolute atomic E-state index is 13.4. The Balaban J connectivity index is 3.25. The molecule has 0 fully saturated rings. The number of ether oxygens (including phenoxy) is 4. The first-order valence-electron chi connectivity index (χ1n) is 8.49. The van der Waals surface area contributed by atoms with Gasteiger partial charge in [-0.2, -0.15) is 0 Å². The largest absolute Gasteiger partial charge is 0.377 e. The molecule has 0 bridgehead atoms. The van der Waals surface area contributed by atoms with Crippen molar-refractivity contribution in [3.8, 4) is 0 Å². The average molecular weight is 366 g/mol. The molecular weight excluding hydrogens is 335 g/mol. The number of rotatable bonds is 17. The molecule has 0 aromatic carbocycles. The van der Waals surface area contributed by atoms with Crippen LogP contribution in [0.15, 0.2) is 0 Å². The smallest absolute Gasteiger partial charge is 0.246 e. The topological polar surface area (TPSA) is 95.1 Å². The Labute approximate surface area is 148 Å². The maximum atomic E-state index is 13.4. The minimum atomic E-state index is -1.22. The van der Waals surface area contributed by atoms with E-state index in [1.165, 1.54) is 7.11 Å². The van der Waals surface area contributed by atoms with E-state index in [1.807, 2.05) is 6.92 Å². The van der Waals surface area contributed by atoms with Gasteiger partial charge in [0.2, 0.25) is 11.8 Å². The van der Waals surface area contributed by atoms with Crippen LogP contribution in [0.4, 0.5) is 4.39 Å². The Hall–Kier alpha value is -1.29. The summed E-state index contributed by atoms with van der Waals surface area (Å²) in [5.74, 6) is -0.331. The van der Waals surface area contributed by atoms with Crippen LogP contribution in [0.5, 0.6) is 0 Å². The number of amides is 2. The maximum Gasteiger partial charge on any atom is 0.246 e. The fourth-order valence-corrected chi connectivity index (χ4v) is 1.69. The van der Waals surface area contributed by atoms with Crippen LogP contribution >= 0.6 is 0 Å². The third kappa shape index (κ3) is 17.3. The summed E-state index contributed by atoms with van der Waals surface area (Å²) in [5.41, 5.74) is 0. The standard InChI is InChI=1S/C16H31FN2O6/c1-3-4-15(20)19-11-14(17)12-25-10-9-24-8-7-23-6-5-18-16(21)13-22-2/h14H,3-13H2,1-2H3,(H,18,21)(H,19,20). The molecule has 0 spiro atoms. The normalized spacial score (nSPS) is 12.0. The van der Waals surface area contributed by atoms with Gasteiger partial charge < -0.3 is 29.6 Å². The highest BCUT2D eigenvalue weighted by Gasteiger charge is 2.08. The van der Waals surface area contributed by atoms with Crippen LogP contribution < -0.4 is 10.6 Å². The van der Waals surface area contributed by atoms with E-state index in [1.54, 1.807) is 0 Å². The second kappa shape index (κ2) is 17.5. The van der Waals surface area contributed by atoms with E-state index in [0.717, 1.165) is 6.42 Å². The molecule has 2 N–H and O–H groups in total. The van der Waals surface area contributed by atoms with Gasteiger partial charge in [0.25, 0.3) is 0 Å². The first-order chi connectivity index (χ1) is 12.1. The Morgan fingerprint density at radius 3 is 2.24 bits per heavy atom. The first-order valence-corrected chi connectivity index (χ1v) is 8.49. The average Bonchev–Trinajstić information content (AvgIpc) is 2.58. The summed E-state index contributed by atoms with van der Waals surface area (Å²) in [6, 6.07) is 0. The molecule has 0 heterocycles. The zero-order chi connectivity index (χ0) is 18.8. The SMILES string of the molecule is CCCC(=O)NCC(F)COCCOCCOCCNC(=O)COC. The number of halogens is 1. The molecule has 0 aromatic heterocycles. The van der Waals surface area contributed by atoms with E-state index >= 15 is 0 Å². The van der Waals surface area contributed by atoms with E-state index in [9.17, 15) is 14.0 Å². The van der Waals surface area contributed by atoms with Crippen LogP contribution in [0.1, 0.15) is 19.8 Å². The fourth-order valence-electron chi connectivity index (χ4n) is 1.69. The van der Waals surface area contributed by atoms with Crippen LogP contribution in [-0.2, 0) is 28.5 Å². The molecule has 0 radical (unpaired) electrons. The van der Waals surface area contributed by atoms with Gasteiger partial charge in [0, 0.05) is 20.1 Å². The monoisotopic (exact) mass is 366 g/mol. The highest BCUT2D eigenvalue weighted by atomic mass is 19.1. The lowest BCUT2D eigenvalue weighted by atomic mass is 10.3. The Morgan fingerprint density at radius 1 is 0.960 bits per heavy atom. The second-order valence-corrected chi connectivity index (χ2v) is 5.23. The highest BCUT2D eigenvalue weighted by Crippen LogP contribution is 1.93. The molecule has 148 valence electrons.